The Morgan fingerprint density at radius 1 is 1.53 bits per heavy atom. The minimum atomic E-state index is -0.566. The number of carbonyl (C=O) groups excluding carboxylic acids is 1. The molecule has 0 aromatic carbocycles. The monoisotopic (exact) mass is 244 g/mol. The average Bonchev–Trinajstić information content (AvgIpc) is 3.08. The first-order valence-corrected chi connectivity index (χ1v) is 6.32. The molecule has 1 rings (SSSR count). The number of ether oxygens (including phenoxy) is 2. The zero-order valence-electron chi connectivity index (χ0n) is 10.9. The molecule has 0 amide bonds. The smallest absolute Gasteiger partial charge is 0.324 e. The van der Waals surface area contributed by atoms with Crippen molar-refractivity contribution in [2.75, 3.05) is 40.0 Å². The molecule has 0 aromatic rings. The van der Waals surface area contributed by atoms with Crippen LogP contribution < -0.4 is 5.73 Å². The largest absolute Gasteiger partial charge is 0.465 e. The zero-order chi connectivity index (χ0) is 12.7. The number of esters is 1. The van der Waals surface area contributed by atoms with Crippen LogP contribution in [0.15, 0.2) is 0 Å². The molecule has 0 radical (unpaired) electrons. The third-order valence-electron chi connectivity index (χ3n) is 2.77. The van der Waals surface area contributed by atoms with Crippen molar-refractivity contribution in [3.63, 3.8) is 0 Å². The normalized spacial score (nSPS) is 17.2. The molecule has 0 heterocycles. The topological polar surface area (TPSA) is 64.8 Å². The van der Waals surface area contributed by atoms with Crippen molar-refractivity contribution in [1.29, 1.82) is 0 Å². The first-order valence-electron chi connectivity index (χ1n) is 6.32. The van der Waals surface area contributed by atoms with E-state index in [-0.39, 0.29) is 5.97 Å². The molecule has 0 saturated heterocycles. The number of carbonyl (C=O) groups is 1. The molecule has 0 aliphatic heterocycles. The standard InChI is InChI=1S/C12H24N2O3/c1-3-17-12(15)11(13)8-14(2)6-7-16-9-10-4-5-10/h10-11H,3-9,13H2,1-2H3. The SMILES string of the molecule is CCOC(=O)C(N)CN(C)CCOCC1CC1. The highest BCUT2D eigenvalue weighted by atomic mass is 16.5. The zero-order valence-corrected chi connectivity index (χ0v) is 10.9. The molecule has 0 aromatic heterocycles. The molecule has 1 fully saturated rings. The van der Waals surface area contributed by atoms with E-state index < -0.39 is 6.04 Å². The van der Waals surface area contributed by atoms with Crippen molar-refractivity contribution in [2.45, 2.75) is 25.8 Å². The molecule has 1 aliphatic carbocycles. The Labute approximate surface area is 103 Å². The molecular formula is C12H24N2O3. The van der Waals surface area contributed by atoms with E-state index in [1.54, 1.807) is 6.92 Å². The van der Waals surface area contributed by atoms with Crippen LogP contribution in [0.1, 0.15) is 19.8 Å². The lowest BCUT2D eigenvalue weighted by Gasteiger charge is -2.20. The average molecular weight is 244 g/mol. The second kappa shape index (κ2) is 7.63. The van der Waals surface area contributed by atoms with Crippen LogP contribution in [0.5, 0.6) is 0 Å². The van der Waals surface area contributed by atoms with Crippen LogP contribution >= 0.6 is 0 Å². The van der Waals surface area contributed by atoms with Crippen molar-refractivity contribution in [2.24, 2.45) is 11.7 Å². The van der Waals surface area contributed by atoms with Crippen molar-refractivity contribution in [3.8, 4) is 0 Å². The lowest BCUT2D eigenvalue weighted by Crippen LogP contribution is -2.43. The Morgan fingerprint density at radius 3 is 2.82 bits per heavy atom. The maximum atomic E-state index is 11.3. The van der Waals surface area contributed by atoms with Crippen molar-refractivity contribution in [1.82, 2.24) is 4.90 Å². The van der Waals surface area contributed by atoms with Gasteiger partial charge < -0.3 is 20.1 Å². The summed E-state index contributed by atoms with van der Waals surface area (Å²) in [5, 5.41) is 0. The minimum absolute atomic E-state index is 0.335. The maximum Gasteiger partial charge on any atom is 0.324 e. The number of nitrogens with two attached hydrogens (primary N) is 1. The Balaban J connectivity index is 2.01. The summed E-state index contributed by atoms with van der Waals surface area (Å²) in [4.78, 5) is 13.3. The summed E-state index contributed by atoms with van der Waals surface area (Å²) in [7, 11) is 1.93. The molecule has 1 aliphatic rings. The van der Waals surface area contributed by atoms with Crippen LogP contribution in [-0.4, -0.2) is 56.9 Å². The number of hydrogen-bond acceptors (Lipinski definition) is 5. The molecule has 5 nitrogen and oxygen atoms in total. The van der Waals surface area contributed by atoms with E-state index in [2.05, 4.69) is 0 Å². The van der Waals surface area contributed by atoms with Crippen LogP contribution in [0.2, 0.25) is 0 Å². The van der Waals surface area contributed by atoms with Gasteiger partial charge in [-0.3, -0.25) is 4.79 Å². The molecule has 0 spiro atoms. The van der Waals surface area contributed by atoms with Gasteiger partial charge in [0.1, 0.15) is 6.04 Å². The van der Waals surface area contributed by atoms with Gasteiger partial charge in [0.25, 0.3) is 0 Å². The van der Waals surface area contributed by atoms with Crippen LogP contribution in [0.25, 0.3) is 0 Å². The minimum Gasteiger partial charge on any atom is -0.465 e. The van der Waals surface area contributed by atoms with Crippen LogP contribution in [0.3, 0.4) is 0 Å². The number of hydrogen-bond donors (Lipinski definition) is 1. The summed E-state index contributed by atoms with van der Waals surface area (Å²) in [5.74, 6) is 0.459. The highest BCUT2D eigenvalue weighted by molar-refractivity contribution is 5.75. The van der Waals surface area contributed by atoms with Crippen LogP contribution in [-0.2, 0) is 14.3 Å². The molecule has 1 saturated carbocycles. The van der Waals surface area contributed by atoms with Gasteiger partial charge in [-0.25, -0.2) is 0 Å². The summed E-state index contributed by atoms with van der Waals surface area (Å²) in [6.07, 6.45) is 2.62. The van der Waals surface area contributed by atoms with Crippen molar-refractivity contribution < 1.29 is 14.3 Å². The predicted octanol–water partition coefficient (Wildman–Crippen LogP) is 0.235. The Bertz CT molecular complexity index is 232. The van der Waals surface area contributed by atoms with E-state index in [4.69, 9.17) is 15.2 Å². The number of nitrogens with zero attached hydrogens (tertiary/aromatic N) is 1. The fourth-order valence-corrected chi connectivity index (χ4v) is 1.51. The van der Waals surface area contributed by atoms with E-state index in [9.17, 15) is 4.79 Å². The Kier molecular flexibility index (Phi) is 6.47. The molecule has 2 N–H and O–H groups in total. The van der Waals surface area contributed by atoms with Gasteiger partial charge in [-0.1, -0.05) is 0 Å². The molecule has 17 heavy (non-hydrogen) atoms. The van der Waals surface area contributed by atoms with E-state index in [0.717, 1.165) is 19.1 Å². The van der Waals surface area contributed by atoms with E-state index >= 15 is 0 Å². The molecule has 100 valence electrons. The van der Waals surface area contributed by atoms with Crippen molar-refractivity contribution >= 4 is 5.97 Å². The molecule has 1 atom stereocenters. The Morgan fingerprint density at radius 2 is 2.24 bits per heavy atom. The first kappa shape index (κ1) is 14.4. The summed E-state index contributed by atoms with van der Waals surface area (Å²) in [6, 6.07) is -0.566. The molecular weight excluding hydrogens is 220 g/mol. The van der Waals surface area contributed by atoms with Gasteiger partial charge in [-0.15, -0.1) is 0 Å². The quantitative estimate of drug-likeness (QED) is 0.465. The van der Waals surface area contributed by atoms with E-state index in [0.29, 0.717) is 19.8 Å². The van der Waals surface area contributed by atoms with E-state index in [1.807, 2.05) is 11.9 Å². The third kappa shape index (κ3) is 6.61. The highest BCUT2D eigenvalue weighted by Gasteiger charge is 2.21. The lowest BCUT2D eigenvalue weighted by molar-refractivity contribution is -0.145. The summed E-state index contributed by atoms with van der Waals surface area (Å²) in [6.45, 7) is 5.02. The number of likely N-dealkylation sites (N-methyl/N-ethyl adjacent to an activating group) is 1. The molecule has 5 heteroatoms. The highest BCUT2D eigenvalue weighted by Crippen LogP contribution is 2.28. The van der Waals surface area contributed by atoms with Gasteiger partial charge in [0.05, 0.1) is 13.2 Å². The second-order valence-electron chi connectivity index (χ2n) is 4.64. The Hall–Kier alpha value is -0.650. The summed E-state index contributed by atoms with van der Waals surface area (Å²) < 4.78 is 10.4. The molecule has 1 unspecified atom stereocenters. The number of rotatable bonds is 9. The van der Waals surface area contributed by atoms with Gasteiger partial charge in [0.15, 0.2) is 0 Å². The van der Waals surface area contributed by atoms with Gasteiger partial charge >= 0.3 is 5.97 Å². The summed E-state index contributed by atoms with van der Waals surface area (Å²) >= 11 is 0. The van der Waals surface area contributed by atoms with Crippen LogP contribution in [0, 0.1) is 5.92 Å². The van der Waals surface area contributed by atoms with E-state index in [1.165, 1.54) is 12.8 Å². The van der Waals surface area contributed by atoms with Gasteiger partial charge in [0, 0.05) is 19.7 Å². The van der Waals surface area contributed by atoms with Crippen molar-refractivity contribution in [3.05, 3.63) is 0 Å². The van der Waals surface area contributed by atoms with Gasteiger partial charge in [-0.2, -0.15) is 0 Å². The molecule has 0 bridgehead atoms. The third-order valence-corrected chi connectivity index (χ3v) is 2.77. The van der Waals surface area contributed by atoms with Gasteiger partial charge in [0.2, 0.25) is 0 Å². The fourth-order valence-electron chi connectivity index (χ4n) is 1.51. The van der Waals surface area contributed by atoms with Gasteiger partial charge in [-0.05, 0) is 32.7 Å². The maximum absolute atomic E-state index is 11.3. The fraction of sp³-hybridized carbons (Fsp3) is 0.917. The predicted molar refractivity (Wildman–Crippen MR) is 65.6 cm³/mol. The van der Waals surface area contributed by atoms with Crippen LogP contribution in [0.4, 0.5) is 0 Å². The second-order valence-corrected chi connectivity index (χ2v) is 4.64. The first-order chi connectivity index (χ1) is 8.13. The lowest BCUT2D eigenvalue weighted by atomic mass is 10.3. The summed E-state index contributed by atoms with van der Waals surface area (Å²) in [5.41, 5.74) is 5.71.